The molecular formula is C22H21FN6. The van der Waals surface area contributed by atoms with Gasteiger partial charge in [-0.2, -0.15) is 0 Å². The number of hydrogen-bond donors (Lipinski definition) is 2. The molecule has 0 radical (unpaired) electrons. The monoisotopic (exact) mass is 388 g/mol. The van der Waals surface area contributed by atoms with Crippen molar-refractivity contribution >= 4 is 28.8 Å². The molecule has 6 nitrogen and oxygen atoms in total. The van der Waals surface area contributed by atoms with Crippen LogP contribution in [0.2, 0.25) is 0 Å². The predicted octanol–water partition coefficient (Wildman–Crippen LogP) is 5.18. The molecule has 3 heterocycles. The van der Waals surface area contributed by atoms with Gasteiger partial charge in [0.25, 0.3) is 0 Å². The normalized spacial score (nSPS) is 18.4. The van der Waals surface area contributed by atoms with E-state index in [1.165, 1.54) is 18.9 Å². The van der Waals surface area contributed by atoms with Gasteiger partial charge in [-0.05, 0) is 43.0 Å². The standard InChI is InChI=1S/C22H21FN6/c23-16-7-3-4-8-17(16)27-21-19(14-5-1-2-6-14)20-18(28-21)13-25-22(29-20)26-15-9-11-24-12-10-15/h3-4,7-14,19H,1-2,5-6H2,(H,27,28)(H,24,25,26,29). The SMILES string of the molecule is Fc1ccccc1NC1=Nc2cnc(Nc3ccncc3)nc2C1C1CCCC1. The summed E-state index contributed by atoms with van der Waals surface area (Å²) in [6.45, 7) is 0. The highest BCUT2D eigenvalue weighted by molar-refractivity contribution is 6.05. The number of halogens is 1. The summed E-state index contributed by atoms with van der Waals surface area (Å²) in [6.07, 6.45) is 9.84. The molecule has 0 spiro atoms. The minimum atomic E-state index is -0.289. The second-order valence-electron chi connectivity index (χ2n) is 7.45. The Morgan fingerprint density at radius 1 is 0.966 bits per heavy atom. The second-order valence-corrected chi connectivity index (χ2v) is 7.45. The molecule has 29 heavy (non-hydrogen) atoms. The summed E-state index contributed by atoms with van der Waals surface area (Å²) in [7, 11) is 0. The molecular weight excluding hydrogens is 367 g/mol. The highest BCUT2D eigenvalue weighted by Gasteiger charge is 2.37. The molecule has 5 rings (SSSR count). The summed E-state index contributed by atoms with van der Waals surface area (Å²) in [5, 5.41) is 6.46. The smallest absolute Gasteiger partial charge is 0.227 e. The van der Waals surface area contributed by atoms with Crippen molar-refractivity contribution in [2.24, 2.45) is 10.9 Å². The van der Waals surface area contributed by atoms with Crippen molar-refractivity contribution in [2.75, 3.05) is 10.6 Å². The minimum Gasteiger partial charge on any atom is -0.341 e. The number of benzene rings is 1. The van der Waals surface area contributed by atoms with Crippen LogP contribution in [0, 0.1) is 11.7 Å². The molecule has 2 N–H and O–H groups in total. The molecule has 1 aliphatic heterocycles. The quantitative estimate of drug-likeness (QED) is 0.644. The number of amidine groups is 1. The average molecular weight is 388 g/mol. The van der Waals surface area contributed by atoms with Crippen molar-refractivity contribution in [3.05, 3.63) is 66.5 Å². The topological polar surface area (TPSA) is 75.1 Å². The van der Waals surface area contributed by atoms with Crippen LogP contribution >= 0.6 is 0 Å². The van der Waals surface area contributed by atoms with E-state index in [0.29, 0.717) is 17.6 Å². The molecule has 0 saturated heterocycles. The lowest BCUT2D eigenvalue weighted by Crippen LogP contribution is -2.25. The lowest BCUT2D eigenvalue weighted by molar-refractivity contribution is 0.510. The summed E-state index contributed by atoms with van der Waals surface area (Å²) >= 11 is 0. The molecule has 1 unspecified atom stereocenters. The Morgan fingerprint density at radius 3 is 2.55 bits per heavy atom. The number of aromatic nitrogens is 3. The maximum absolute atomic E-state index is 14.2. The van der Waals surface area contributed by atoms with Crippen LogP contribution in [0.5, 0.6) is 0 Å². The van der Waals surface area contributed by atoms with Crippen LogP contribution in [0.25, 0.3) is 0 Å². The summed E-state index contributed by atoms with van der Waals surface area (Å²) < 4.78 is 14.2. The van der Waals surface area contributed by atoms with Crippen molar-refractivity contribution in [2.45, 2.75) is 31.6 Å². The van der Waals surface area contributed by atoms with E-state index in [-0.39, 0.29) is 11.7 Å². The summed E-state index contributed by atoms with van der Waals surface area (Å²) in [5.74, 6) is 1.46. The van der Waals surface area contributed by atoms with Gasteiger partial charge in [-0.15, -0.1) is 0 Å². The Kier molecular flexibility index (Phi) is 4.63. The lowest BCUT2D eigenvalue weighted by atomic mass is 9.87. The second kappa shape index (κ2) is 7.58. The van der Waals surface area contributed by atoms with Crippen molar-refractivity contribution in [3.63, 3.8) is 0 Å². The molecule has 1 aliphatic carbocycles. The van der Waals surface area contributed by atoms with Gasteiger partial charge < -0.3 is 10.6 Å². The number of anilines is 3. The van der Waals surface area contributed by atoms with Gasteiger partial charge in [-0.1, -0.05) is 25.0 Å². The van der Waals surface area contributed by atoms with Crippen molar-refractivity contribution < 1.29 is 4.39 Å². The number of para-hydroxylation sites is 1. The van der Waals surface area contributed by atoms with Crippen LogP contribution in [0.15, 0.2) is 60.0 Å². The van der Waals surface area contributed by atoms with Crippen molar-refractivity contribution in [1.29, 1.82) is 0 Å². The third-order valence-corrected chi connectivity index (χ3v) is 5.57. The Balaban J connectivity index is 1.47. The van der Waals surface area contributed by atoms with E-state index in [4.69, 9.17) is 9.98 Å². The third-order valence-electron chi connectivity index (χ3n) is 5.57. The number of aliphatic imine (C=N–C) groups is 1. The third kappa shape index (κ3) is 3.55. The molecule has 2 aromatic heterocycles. The van der Waals surface area contributed by atoms with Crippen LogP contribution < -0.4 is 10.6 Å². The van der Waals surface area contributed by atoms with Crippen LogP contribution in [0.3, 0.4) is 0 Å². The van der Waals surface area contributed by atoms with Gasteiger partial charge in [0.2, 0.25) is 5.95 Å². The van der Waals surface area contributed by atoms with Gasteiger partial charge in [-0.3, -0.25) is 4.98 Å². The van der Waals surface area contributed by atoms with E-state index in [1.54, 1.807) is 30.7 Å². The van der Waals surface area contributed by atoms with Gasteiger partial charge in [0, 0.05) is 18.1 Å². The van der Waals surface area contributed by atoms with Crippen molar-refractivity contribution in [3.8, 4) is 0 Å². The molecule has 0 amide bonds. The lowest BCUT2D eigenvalue weighted by Gasteiger charge is -2.22. The van der Waals surface area contributed by atoms with Gasteiger partial charge in [0.1, 0.15) is 17.3 Å². The van der Waals surface area contributed by atoms with Crippen LogP contribution in [-0.2, 0) is 0 Å². The Morgan fingerprint density at radius 2 is 1.76 bits per heavy atom. The largest absolute Gasteiger partial charge is 0.341 e. The van der Waals surface area contributed by atoms with Crippen LogP contribution in [-0.4, -0.2) is 20.8 Å². The van der Waals surface area contributed by atoms with E-state index in [9.17, 15) is 4.39 Å². The van der Waals surface area contributed by atoms with Crippen molar-refractivity contribution in [1.82, 2.24) is 15.0 Å². The predicted molar refractivity (Wildman–Crippen MR) is 111 cm³/mol. The average Bonchev–Trinajstić information content (AvgIpc) is 3.37. The number of nitrogens with one attached hydrogen (secondary N) is 2. The first-order valence-corrected chi connectivity index (χ1v) is 9.92. The number of pyridine rings is 1. The first-order chi connectivity index (χ1) is 14.3. The van der Waals surface area contributed by atoms with Gasteiger partial charge in [0.05, 0.1) is 23.5 Å². The molecule has 1 saturated carbocycles. The van der Waals surface area contributed by atoms with Gasteiger partial charge >= 0.3 is 0 Å². The van der Waals surface area contributed by atoms with E-state index in [0.717, 1.165) is 35.7 Å². The number of rotatable bonds is 4. The fraction of sp³-hybridized carbons (Fsp3) is 0.273. The van der Waals surface area contributed by atoms with E-state index < -0.39 is 0 Å². The molecule has 1 aromatic carbocycles. The zero-order valence-corrected chi connectivity index (χ0v) is 15.8. The van der Waals surface area contributed by atoms with Gasteiger partial charge in [-0.25, -0.2) is 19.4 Å². The molecule has 3 aromatic rings. The van der Waals surface area contributed by atoms with E-state index >= 15 is 0 Å². The fourth-order valence-electron chi connectivity index (χ4n) is 4.20. The zero-order chi connectivity index (χ0) is 19.6. The number of fused-ring (bicyclic) bond motifs is 1. The zero-order valence-electron chi connectivity index (χ0n) is 15.8. The molecule has 7 heteroatoms. The summed E-state index contributed by atoms with van der Waals surface area (Å²) in [4.78, 5) is 18.0. The summed E-state index contributed by atoms with van der Waals surface area (Å²) in [5.41, 5.74) is 2.97. The Hall–Kier alpha value is -3.35. The van der Waals surface area contributed by atoms with Crippen LogP contribution in [0.4, 0.5) is 27.4 Å². The van der Waals surface area contributed by atoms with Crippen LogP contribution in [0.1, 0.15) is 37.3 Å². The summed E-state index contributed by atoms with van der Waals surface area (Å²) in [6, 6.07) is 10.4. The minimum absolute atomic E-state index is 0.0214. The highest BCUT2D eigenvalue weighted by atomic mass is 19.1. The maximum atomic E-state index is 14.2. The Labute approximate surface area is 168 Å². The Bertz CT molecular complexity index is 1050. The number of nitrogens with zero attached hydrogens (tertiary/aromatic N) is 4. The molecule has 146 valence electrons. The van der Waals surface area contributed by atoms with E-state index in [2.05, 4.69) is 20.6 Å². The number of hydrogen-bond acceptors (Lipinski definition) is 6. The first-order valence-electron chi connectivity index (χ1n) is 9.92. The first kappa shape index (κ1) is 17.7. The fourth-order valence-corrected chi connectivity index (χ4v) is 4.20. The van der Waals surface area contributed by atoms with E-state index in [1.807, 2.05) is 18.2 Å². The molecule has 1 fully saturated rings. The van der Waals surface area contributed by atoms with Gasteiger partial charge in [0.15, 0.2) is 0 Å². The molecule has 1 atom stereocenters. The molecule has 0 bridgehead atoms. The molecule has 2 aliphatic rings. The maximum Gasteiger partial charge on any atom is 0.227 e. The highest BCUT2D eigenvalue weighted by Crippen LogP contribution is 2.45.